The molecule has 1 aliphatic rings. The molecule has 0 saturated carbocycles. The molecule has 4 nitrogen and oxygen atoms in total. The first kappa shape index (κ1) is 14.7. The average Bonchev–Trinajstić information content (AvgIpc) is 2.44. The summed E-state index contributed by atoms with van der Waals surface area (Å²) in [6.45, 7) is 6.63. The van der Waals surface area contributed by atoms with E-state index in [2.05, 4.69) is 6.92 Å². The highest BCUT2D eigenvalue weighted by Crippen LogP contribution is 2.34. The normalized spacial score (nSPS) is 17.9. The minimum atomic E-state index is 0.0270. The highest BCUT2D eigenvalue weighted by molar-refractivity contribution is 5.78. The van der Waals surface area contributed by atoms with Crippen LogP contribution in [0.4, 0.5) is 0 Å². The van der Waals surface area contributed by atoms with Crippen LogP contribution in [0.25, 0.3) is 0 Å². The highest BCUT2D eigenvalue weighted by Gasteiger charge is 2.29. The predicted molar refractivity (Wildman–Crippen MR) is 78.1 cm³/mol. The van der Waals surface area contributed by atoms with E-state index in [4.69, 9.17) is 9.47 Å². The maximum atomic E-state index is 12.3. The molecular formula is C16H23NO3. The van der Waals surface area contributed by atoms with Crippen molar-refractivity contribution in [1.82, 2.24) is 4.90 Å². The van der Waals surface area contributed by atoms with Crippen LogP contribution in [0, 0.1) is 5.92 Å². The molecule has 110 valence electrons. The van der Waals surface area contributed by atoms with Gasteiger partial charge >= 0.3 is 0 Å². The fourth-order valence-corrected chi connectivity index (χ4v) is 2.69. The van der Waals surface area contributed by atoms with E-state index in [0.717, 1.165) is 23.5 Å². The van der Waals surface area contributed by atoms with Crippen molar-refractivity contribution < 1.29 is 14.3 Å². The molecule has 0 N–H and O–H groups in total. The molecule has 0 radical (unpaired) electrons. The summed E-state index contributed by atoms with van der Waals surface area (Å²) in [7, 11) is 3.28. The first-order chi connectivity index (χ1) is 9.47. The maximum absolute atomic E-state index is 12.3. The van der Waals surface area contributed by atoms with Crippen molar-refractivity contribution in [3.8, 4) is 11.5 Å². The second-order valence-electron chi connectivity index (χ2n) is 5.65. The van der Waals surface area contributed by atoms with Crippen LogP contribution in [-0.4, -0.2) is 31.1 Å². The highest BCUT2D eigenvalue weighted by atomic mass is 16.5. The summed E-state index contributed by atoms with van der Waals surface area (Å²) in [6.07, 6.45) is 0.855. The van der Waals surface area contributed by atoms with Crippen molar-refractivity contribution in [2.75, 3.05) is 14.2 Å². The number of rotatable bonds is 3. The molecule has 20 heavy (non-hydrogen) atoms. The molecule has 4 heteroatoms. The summed E-state index contributed by atoms with van der Waals surface area (Å²) < 4.78 is 10.7. The van der Waals surface area contributed by atoms with Gasteiger partial charge in [0.25, 0.3) is 0 Å². The number of hydrogen-bond donors (Lipinski definition) is 0. The molecule has 1 unspecified atom stereocenters. The fourth-order valence-electron chi connectivity index (χ4n) is 2.69. The quantitative estimate of drug-likeness (QED) is 0.852. The molecule has 2 rings (SSSR count). The minimum Gasteiger partial charge on any atom is -0.493 e. The van der Waals surface area contributed by atoms with E-state index in [-0.39, 0.29) is 17.9 Å². The Morgan fingerprint density at radius 2 is 1.75 bits per heavy atom. The Bertz CT molecular complexity index is 511. The number of benzene rings is 1. The van der Waals surface area contributed by atoms with Gasteiger partial charge in [-0.15, -0.1) is 0 Å². The molecule has 1 atom stereocenters. The third-order valence-electron chi connectivity index (χ3n) is 3.87. The van der Waals surface area contributed by atoms with E-state index < -0.39 is 0 Å². The third-order valence-corrected chi connectivity index (χ3v) is 3.87. The Morgan fingerprint density at radius 1 is 1.20 bits per heavy atom. The Morgan fingerprint density at radius 3 is 2.25 bits per heavy atom. The molecule has 1 amide bonds. The summed E-state index contributed by atoms with van der Waals surface area (Å²) in [6, 6.07) is 4.23. The van der Waals surface area contributed by atoms with Crippen molar-refractivity contribution in [2.45, 2.75) is 39.8 Å². The van der Waals surface area contributed by atoms with Gasteiger partial charge in [0.05, 0.1) is 14.2 Å². The number of nitrogens with zero attached hydrogens (tertiary/aromatic N) is 1. The van der Waals surface area contributed by atoms with Crippen LogP contribution in [0.15, 0.2) is 12.1 Å². The van der Waals surface area contributed by atoms with E-state index in [0.29, 0.717) is 6.54 Å². The number of ether oxygens (including phenoxy) is 2. The summed E-state index contributed by atoms with van der Waals surface area (Å²) in [5.74, 6) is 1.71. The number of carbonyl (C=O) groups excluding carboxylic acids is 1. The van der Waals surface area contributed by atoms with E-state index in [1.165, 1.54) is 5.56 Å². The summed E-state index contributed by atoms with van der Waals surface area (Å²) in [5, 5.41) is 0. The molecule has 1 aromatic rings. The molecule has 1 aliphatic heterocycles. The van der Waals surface area contributed by atoms with E-state index in [1.807, 2.05) is 30.9 Å². The molecule has 0 spiro atoms. The Labute approximate surface area is 120 Å². The predicted octanol–water partition coefficient (Wildman–Crippen LogP) is 2.63. The van der Waals surface area contributed by atoms with E-state index in [9.17, 15) is 4.79 Å². The minimum absolute atomic E-state index is 0.0270. The van der Waals surface area contributed by atoms with Crippen molar-refractivity contribution >= 4 is 5.91 Å². The average molecular weight is 277 g/mol. The van der Waals surface area contributed by atoms with Crippen LogP contribution in [0.5, 0.6) is 11.5 Å². The fraction of sp³-hybridized carbons (Fsp3) is 0.562. The lowest BCUT2D eigenvalue weighted by molar-refractivity contribution is -0.137. The molecule has 0 fully saturated rings. The lowest BCUT2D eigenvalue weighted by Crippen LogP contribution is -2.44. The first-order valence-electron chi connectivity index (χ1n) is 7.02. The molecule has 1 aromatic carbocycles. The molecule has 0 aromatic heterocycles. The van der Waals surface area contributed by atoms with Crippen LogP contribution < -0.4 is 9.47 Å². The van der Waals surface area contributed by atoms with Crippen LogP contribution in [0.3, 0.4) is 0 Å². The summed E-state index contributed by atoms with van der Waals surface area (Å²) >= 11 is 0. The Hall–Kier alpha value is -1.71. The first-order valence-corrected chi connectivity index (χ1v) is 7.02. The van der Waals surface area contributed by atoms with Gasteiger partial charge in [0.2, 0.25) is 5.91 Å². The van der Waals surface area contributed by atoms with Crippen LogP contribution in [0.1, 0.15) is 31.9 Å². The SMILES string of the molecule is COc1cc2c(cc1OC)CN(C(=O)C(C)C)C(C)C2. The zero-order valence-electron chi connectivity index (χ0n) is 12.9. The number of carbonyl (C=O) groups is 1. The van der Waals surface area contributed by atoms with Gasteiger partial charge < -0.3 is 14.4 Å². The lowest BCUT2D eigenvalue weighted by Gasteiger charge is -2.36. The Balaban J connectivity index is 2.35. The zero-order valence-corrected chi connectivity index (χ0v) is 12.9. The van der Waals surface area contributed by atoms with Gasteiger partial charge in [0.1, 0.15) is 0 Å². The molecule has 0 saturated heterocycles. The molecular weight excluding hydrogens is 254 g/mol. The number of fused-ring (bicyclic) bond motifs is 1. The standard InChI is InChI=1S/C16H23NO3/c1-10(2)16(18)17-9-13-8-15(20-5)14(19-4)7-12(13)6-11(17)3/h7-8,10-11H,6,9H2,1-5H3. The van der Waals surface area contributed by atoms with Crippen LogP contribution in [-0.2, 0) is 17.8 Å². The van der Waals surface area contributed by atoms with Gasteiger partial charge in [-0.3, -0.25) is 4.79 Å². The van der Waals surface area contributed by atoms with E-state index in [1.54, 1.807) is 14.2 Å². The largest absolute Gasteiger partial charge is 0.493 e. The van der Waals surface area contributed by atoms with Gasteiger partial charge in [-0.1, -0.05) is 13.8 Å². The van der Waals surface area contributed by atoms with Gasteiger partial charge in [-0.25, -0.2) is 0 Å². The summed E-state index contributed by atoms with van der Waals surface area (Å²) in [4.78, 5) is 14.2. The van der Waals surface area contributed by atoms with Gasteiger partial charge in [0, 0.05) is 18.5 Å². The van der Waals surface area contributed by atoms with Gasteiger partial charge in [-0.2, -0.15) is 0 Å². The van der Waals surface area contributed by atoms with Crippen LogP contribution >= 0.6 is 0 Å². The zero-order chi connectivity index (χ0) is 14.9. The van der Waals surface area contributed by atoms with Crippen LogP contribution in [0.2, 0.25) is 0 Å². The van der Waals surface area contributed by atoms with Gasteiger partial charge in [0.15, 0.2) is 11.5 Å². The monoisotopic (exact) mass is 277 g/mol. The number of hydrogen-bond acceptors (Lipinski definition) is 3. The summed E-state index contributed by atoms with van der Waals surface area (Å²) in [5.41, 5.74) is 2.39. The molecule has 0 aliphatic carbocycles. The topological polar surface area (TPSA) is 38.8 Å². The lowest BCUT2D eigenvalue weighted by atomic mass is 9.93. The maximum Gasteiger partial charge on any atom is 0.225 e. The number of amides is 1. The second-order valence-corrected chi connectivity index (χ2v) is 5.65. The smallest absolute Gasteiger partial charge is 0.225 e. The number of methoxy groups -OCH3 is 2. The molecule has 0 bridgehead atoms. The van der Waals surface area contributed by atoms with Crippen molar-refractivity contribution in [3.05, 3.63) is 23.3 Å². The van der Waals surface area contributed by atoms with E-state index >= 15 is 0 Å². The third kappa shape index (κ3) is 2.60. The second kappa shape index (κ2) is 5.73. The van der Waals surface area contributed by atoms with Crippen molar-refractivity contribution in [3.63, 3.8) is 0 Å². The van der Waals surface area contributed by atoms with Gasteiger partial charge in [-0.05, 0) is 36.6 Å². The molecule has 1 heterocycles. The van der Waals surface area contributed by atoms with Crippen molar-refractivity contribution in [1.29, 1.82) is 0 Å². The van der Waals surface area contributed by atoms with Crippen molar-refractivity contribution in [2.24, 2.45) is 5.92 Å². The Kier molecular flexibility index (Phi) is 4.21.